The van der Waals surface area contributed by atoms with E-state index in [0.717, 1.165) is 10.0 Å². The van der Waals surface area contributed by atoms with Crippen molar-refractivity contribution in [3.8, 4) is 11.8 Å². The molecule has 0 saturated carbocycles. The first-order chi connectivity index (χ1) is 10.0. The maximum atomic E-state index is 10.7. The predicted molar refractivity (Wildman–Crippen MR) is 84.0 cm³/mol. The smallest absolute Gasteiger partial charge is 0.270 e. The first-order valence-corrected chi connectivity index (χ1v) is 7.35. The number of halogens is 2. The summed E-state index contributed by atoms with van der Waals surface area (Å²) in [4.78, 5) is 10.2. The van der Waals surface area contributed by atoms with Crippen LogP contribution in [0.15, 0.2) is 45.3 Å². The maximum absolute atomic E-state index is 10.7. The summed E-state index contributed by atoms with van der Waals surface area (Å²) in [6.07, 6.45) is 0. The van der Waals surface area contributed by atoms with E-state index in [1.165, 1.54) is 12.1 Å². The number of nitrogens with zero attached hydrogens (tertiary/aromatic N) is 2. The molecule has 0 heterocycles. The van der Waals surface area contributed by atoms with Gasteiger partial charge in [-0.15, -0.1) is 0 Å². The minimum atomic E-state index is -0.460. The zero-order chi connectivity index (χ0) is 15.4. The van der Waals surface area contributed by atoms with Crippen molar-refractivity contribution in [2.24, 2.45) is 0 Å². The van der Waals surface area contributed by atoms with Crippen molar-refractivity contribution in [1.29, 1.82) is 5.26 Å². The zero-order valence-electron chi connectivity index (χ0n) is 10.5. The molecule has 2 aromatic rings. The Kier molecular flexibility index (Phi) is 4.94. The highest BCUT2D eigenvalue weighted by atomic mass is 79.9. The third-order valence-corrected chi connectivity index (χ3v) is 3.92. The van der Waals surface area contributed by atoms with E-state index in [1.807, 2.05) is 0 Å². The average Bonchev–Trinajstić information content (AvgIpc) is 2.46. The number of nitriles is 1. The van der Waals surface area contributed by atoms with E-state index in [4.69, 9.17) is 10.00 Å². The Labute approximate surface area is 137 Å². The summed E-state index contributed by atoms with van der Waals surface area (Å²) in [5.41, 5.74) is 1.18. The topological polar surface area (TPSA) is 76.2 Å². The summed E-state index contributed by atoms with van der Waals surface area (Å²) < 4.78 is 6.99. The lowest BCUT2D eigenvalue weighted by molar-refractivity contribution is -0.384. The molecule has 0 spiro atoms. The van der Waals surface area contributed by atoms with Crippen LogP contribution in [0.25, 0.3) is 0 Å². The maximum Gasteiger partial charge on any atom is 0.270 e. The van der Waals surface area contributed by atoms with E-state index in [-0.39, 0.29) is 12.3 Å². The Morgan fingerprint density at radius 3 is 2.62 bits per heavy atom. The van der Waals surface area contributed by atoms with Gasteiger partial charge in [-0.3, -0.25) is 10.1 Å². The Bertz CT molecular complexity index is 741. The van der Waals surface area contributed by atoms with Gasteiger partial charge in [0.2, 0.25) is 0 Å². The second-order valence-corrected chi connectivity index (χ2v) is 5.84. The van der Waals surface area contributed by atoms with Gasteiger partial charge in [0.1, 0.15) is 18.4 Å². The molecule has 0 saturated heterocycles. The molecule has 0 N–H and O–H groups in total. The molecule has 0 aliphatic heterocycles. The molecule has 0 aromatic heterocycles. The van der Waals surface area contributed by atoms with Crippen molar-refractivity contribution in [2.75, 3.05) is 0 Å². The molecule has 2 rings (SSSR count). The fourth-order valence-corrected chi connectivity index (χ4v) is 2.48. The number of non-ortho nitro benzene ring substituents is 1. The van der Waals surface area contributed by atoms with Gasteiger partial charge in [0.25, 0.3) is 5.69 Å². The lowest BCUT2D eigenvalue weighted by Gasteiger charge is -2.09. The molecular weight excluding hydrogens is 404 g/mol. The fourth-order valence-electron chi connectivity index (χ4n) is 1.64. The average molecular weight is 412 g/mol. The molecule has 5 nitrogen and oxygen atoms in total. The second kappa shape index (κ2) is 6.70. The van der Waals surface area contributed by atoms with Gasteiger partial charge in [-0.2, -0.15) is 5.26 Å². The van der Waals surface area contributed by atoms with E-state index in [1.54, 1.807) is 24.3 Å². The number of nitro groups is 1. The monoisotopic (exact) mass is 410 g/mol. The highest BCUT2D eigenvalue weighted by Gasteiger charge is 2.10. The zero-order valence-corrected chi connectivity index (χ0v) is 13.7. The highest BCUT2D eigenvalue weighted by Crippen LogP contribution is 2.26. The number of rotatable bonds is 4. The molecule has 21 heavy (non-hydrogen) atoms. The Hall–Kier alpha value is -1.91. The van der Waals surface area contributed by atoms with Crippen molar-refractivity contribution in [3.63, 3.8) is 0 Å². The van der Waals surface area contributed by atoms with Crippen LogP contribution >= 0.6 is 31.9 Å². The lowest BCUT2D eigenvalue weighted by Crippen LogP contribution is -1.99. The van der Waals surface area contributed by atoms with Gasteiger partial charge < -0.3 is 4.74 Å². The molecular formula is C14H8Br2N2O3. The van der Waals surface area contributed by atoms with Crippen LogP contribution in [0.3, 0.4) is 0 Å². The molecule has 0 radical (unpaired) electrons. The number of hydrogen-bond acceptors (Lipinski definition) is 4. The fraction of sp³-hybridized carbons (Fsp3) is 0.0714. The molecule has 0 atom stereocenters. The summed E-state index contributed by atoms with van der Waals surface area (Å²) in [6.45, 7) is 0.203. The molecule has 106 valence electrons. The molecule has 0 amide bonds. The van der Waals surface area contributed by atoms with E-state index in [9.17, 15) is 10.1 Å². The van der Waals surface area contributed by atoms with Gasteiger partial charge in [-0.25, -0.2) is 0 Å². The van der Waals surface area contributed by atoms with Crippen LogP contribution in [0.1, 0.15) is 11.1 Å². The van der Waals surface area contributed by atoms with Crippen molar-refractivity contribution in [3.05, 3.63) is 66.6 Å². The lowest BCUT2D eigenvalue weighted by atomic mass is 10.2. The summed E-state index contributed by atoms with van der Waals surface area (Å²) in [5, 5.41) is 19.7. The van der Waals surface area contributed by atoms with Crippen LogP contribution in [0.4, 0.5) is 5.69 Å². The Morgan fingerprint density at radius 1 is 1.24 bits per heavy atom. The minimum Gasteiger partial charge on any atom is -0.487 e. The van der Waals surface area contributed by atoms with Crippen LogP contribution in [0, 0.1) is 21.4 Å². The summed E-state index contributed by atoms with van der Waals surface area (Å²) in [5.74, 6) is 0.464. The molecule has 0 fully saturated rings. The van der Waals surface area contributed by atoms with Gasteiger partial charge in [0.15, 0.2) is 0 Å². The molecule has 0 unspecified atom stereocenters. The van der Waals surface area contributed by atoms with Crippen LogP contribution in [-0.2, 0) is 6.61 Å². The quantitative estimate of drug-likeness (QED) is 0.545. The first kappa shape index (κ1) is 15.5. The number of ether oxygens (including phenoxy) is 1. The van der Waals surface area contributed by atoms with Crippen LogP contribution in [0.5, 0.6) is 5.75 Å². The number of hydrogen-bond donors (Lipinski definition) is 0. The van der Waals surface area contributed by atoms with Crippen LogP contribution in [0.2, 0.25) is 0 Å². The van der Waals surface area contributed by atoms with E-state index in [2.05, 4.69) is 37.9 Å². The predicted octanol–water partition coefficient (Wildman–Crippen LogP) is 4.57. The Morgan fingerprint density at radius 2 is 2.00 bits per heavy atom. The highest BCUT2D eigenvalue weighted by molar-refractivity contribution is 9.10. The third kappa shape index (κ3) is 3.80. The van der Waals surface area contributed by atoms with Gasteiger partial charge in [0.05, 0.1) is 10.5 Å². The minimum absolute atomic E-state index is 0.00646. The normalized spacial score (nSPS) is 9.95. The molecule has 0 aliphatic rings. The van der Waals surface area contributed by atoms with Gasteiger partial charge in [-0.05, 0) is 24.3 Å². The summed E-state index contributed by atoms with van der Waals surface area (Å²) in [7, 11) is 0. The SMILES string of the molecule is N#Cc1cc(Br)ccc1OCc1ccc([N+](=O)[O-])cc1Br. The summed E-state index contributed by atoms with van der Waals surface area (Å²) >= 11 is 6.57. The molecule has 0 aliphatic carbocycles. The number of benzene rings is 2. The van der Waals surface area contributed by atoms with Gasteiger partial charge in [0, 0.05) is 26.6 Å². The largest absolute Gasteiger partial charge is 0.487 e. The molecule has 2 aromatic carbocycles. The van der Waals surface area contributed by atoms with Crippen LogP contribution < -0.4 is 4.74 Å². The standard InChI is InChI=1S/C14H8Br2N2O3/c15-11-2-4-14(10(5-11)7-17)21-8-9-1-3-12(18(19)20)6-13(9)16/h1-6H,8H2. The van der Waals surface area contributed by atoms with Crippen molar-refractivity contribution >= 4 is 37.5 Å². The second-order valence-electron chi connectivity index (χ2n) is 4.07. The molecule has 0 bridgehead atoms. The van der Waals surface area contributed by atoms with Gasteiger partial charge >= 0.3 is 0 Å². The Balaban J connectivity index is 2.17. The van der Waals surface area contributed by atoms with E-state index < -0.39 is 4.92 Å². The van der Waals surface area contributed by atoms with Gasteiger partial charge in [-0.1, -0.05) is 31.9 Å². The van der Waals surface area contributed by atoms with E-state index in [0.29, 0.717) is 15.8 Å². The van der Waals surface area contributed by atoms with Crippen molar-refractivity contribution < 1.29 is 9.66 Å². The number of nitro benzene ring substituents is 1. The molecule has 7 heteroatoms. The van der Waals surface area contributed by atoms with Crippen LogP contribution in [-0.4, -0.2) is 4.92 Å². The van der Waals surface area contributed by atoms with Crippen molar-refractivity contribution in [1.82, 2.24) is 0 Å². The van der Waals surface area contributed by atoms with Crippen molar-refractivity contribution in [2.45, 2.75) is 6.61 Å². The first-order valence-electron chi connectivity index (χ1n) is 5.76. The van der Waals surface area contributed by atoms with E-state index >= 15 is 0 Å². The third-order valence-electron chi connectivity index (χ3n) is 2.69. The summed E-state index contributed by atoms with van der Waals surface area (Å²) in [6, 6.07) is 11.7.